The maximum Gasteiger partial charge on any atom is 0.324 e. The molecule has 0 aliphatic carbocycles. The molecule has 0 spiro atoms. The van der Waals surface area contributed by atoms with Crippen molar-refractivity contribution < 1.29 is 19.2 Å². The molecule has 0 unspecified atom stereocenters. The molecule has 1 aromatic carbocycles. The van der Waals surface area contributed by atoms with Crippen molar-refractivity contribution in [2.24, 2.45) is 0 Å². The highest BCUT2D eigenvalue weighted by molar-refractivity contribution is 6.44. The lowest BCUT2D eigenvalue weighted by Gasteiger charge is -2.45. The molecule has 3 rings (SSSR count). The van der Waals surface area contributed by atoms with Crippen molar-refractivity contribution >= 4 is 58.5 Å². The van der Waals surface area contributed by atoms with E-state index in [1.807, 2.05) is 39.8 Å². The Morgan fingerprint density at radius 1 is 1.10 bits per heavy atom. The summed E-state index contributed by atoms with van der Waals surface area (Å²) in [5.41, 5.74) is -0.370. The van der Waals surface area contributed by atoms with Crippen molar-refractivity contribution in [3.63, 3.8) is 0 Å². The first kappa shape index (κ1) is 32.2. The molecule has 11 nitrogen and oxygen atoms in total. The van der Waals surface area contributed by atoms with Gasteiger partial charge in [0.2, 0.25) is 11.8 Å². The number of amides is 5. The van der Waals surface area contributed by atoms with Crippen molar-refractivity contribution in [3.8, 4) is 0 Å². The fourth-order valence-electron chi connectivity index (χ4n) is 4.40. The number of H-pyrrole nitrogens is 1. The molecule has 2 heterocycles. The molecular formula is C28H39Cl2N7O4. The van der Waals surface area contributed by atoms with Crippen LogP contribution in [0.25, 0.3) is 0 Å². The monoisotopic (exact) mass is 607 g/mol. The number of piperazine rings is 1. The number of carbonyl (C=O) groups excluding carboxylic acids is 4. The fourth-order valence-corrected chi connectivity index (χ4v) is 4.75. The van der Waals surface area contributed by atoms with Crippen LogP contribution in [0.3, 0.4) is 0 Å². The molecule has 13 heteroatoms. The Morgan fingerprint density at radius 2 is 1.78 bits per heavy atom. The van der Waals surface area contributed by atoms with Crippen molar-refractivity contribution in [2.45, 2.75) is 45.6 Å². The van der Waals surface area contributed by atoms with Gasteiger partial charge in [0.15, 0.2) is 0 Å². The van der Waals surface area contributed by atoms with Gasteiger partial charge in [-0.2, -0.15) is 0 Å². The van der Waals surface area contributed by atoms with Gasteiger partial charge in [0.05, 0.1) is 27.8 Å². The highest BCUT2D eigenvalue weighted by Crippen LogP contribution is 2.32. The van der Waals surface area contributed by atoms with Gasteiger partial charge in [-0.3, -0.25) is 19.7 Å². The average Bonchev–Trinajstić information content (AvgIpc) is 3.28. The summed E-state index contributed by atoms with van der Waals surface area (Å²) < 4.78 is 0. The molecule has 41 heavy (non-hydrogen) atoms. The number of rotatable bonds is 8. The molecule has 2 aromatic rings. The highest BCUT2D eigenvalue weighted by atomic mass is 35.5. The van der Waals surface area contributed by atoms with Crippen LogP contribution in [-0.2, 0) is 15.0 Å². The summed E-state index contributed by atoms with van der Waals surface area (Å²) in [7, 11) is 3.82. The van der Waals surface area contributed by atoms with Crippen LogP contribution in [0.5, 0.6) is 0 Å². The standard InChI is InChI=1S/C28H39Cl2N7O4/c1-27(2,3)20-15-17(23(33-20)34-26(41)32-19-10-8-9-18(29)22(19)30)24(39)37-14-13-36(25(40)28(37,4)5)16-21(38)31-11-12-35(6)7/h8-10,15,33H,11-14,16H2,1-7H3,(H,31,38)(H2,32,34,41). The van der Waals surface area contributed by atoms with E-state index in [2.05, 4.69) is 20.9 Å². The summed E-state index contributed by atoms with van der Waals surface area (Å²) in [5.74, 6) is -0.842. The maximum atomic E-state index is 13.9. The minimum atomic E-state index is -1.23. The third kappa shape index (κ3) is 7.72. The molecule has 5 amide bonds. The molecule has 4 N–H and O–H groups in total. The second-order valence-corrected chi connectivity index (χ2v) is 12.6. The van der Waals surface area contributed by atoms with Gasteiger partial charge in [0.1, 0.15) is 11.4 Å². The number of benzene rings is 1. The minimum Gasteiger partial charge on any atom is -0.353 e. The van der Waals surface area contributed by atoms with Gasteiger partial charge in [0, 0.05) is 37.3 Å². The summed E-state index contributed by atoms with van der Waals surface area (Å²) in [5, 5.41) is 8.65. The van der Waals surface area contributed by atoms with Gasteiger partial charge in [-0.1, -0.05) is 50.0 Å². The number of aromatic amines is 1. The van der Waals surface area contributed by atoms with Crippen LogP contribution in [0, 0.1) is 0 Å². The number of carbonyl (C=O) groups is 4. The van der Waals surface area contributed by atoms with Crippen LogP contribution >= 0.6 is 23.2 Å². The van der Waals surface area contributed by atoms with Crippen LogP contribution < -0.4 is 16.0 Å². The summed E-state index contributed by atoms with van der Waals surface area (Å²) in [6, 6.07) is 5.91. The Morgan fingerprint density at radius 3 is 2.41 bits per heavy atom. The molecule has 1 aromatic heterocycles. The van der Waals surface area contributed by atoms with E-state index in [0.717, 1.165) is 0 Å². The number of hydrogen-bond acceptors (Lipinski definition) is 5. The lowest BCUT2D eigenvalue weighted by Crippen LogP contribution is -2.65. The second-order valence-electron chi connectivity index (χ2n) is 11.8. The molecule has 0 saturated carbocycles. The fraction of sp³-hybridized carbons (Fsp3) is 0.500. The number of nitrogens with zero attached hydrogens (tertiary/aromatic N) is 3. The van der Waals surface area contributed by atoms with Crippen LogP contribution in [0.4, 0.5) is 16.3 Å². The number of nitrogens with one attached hydrogen (secondary N) is 4. The summed E-state index contributed by atoms with van der Waals surface area (Å²) in [6.07, 6.45) is 0. The number of halogens is 2. The Balaban J connectivity index is 1.80. The first-order valence-electron chi connectivity index (χ1n) is 13.3. The summed E-state index contributed by atoms with van der Waals surface area (Å²) in [6.45, 7) is 10.7. The summed E-state index contributed by atoms with van der Waals surface area (Å²) >= 11 is 12.3. The molecule has 224 valence electrons. The van der Waals surface area contributed by atoms with Gasteiger partial charge in [-0.25, -0.2) is 4.79 Å². The number of urea groups is 1. The molecular weight excluding hydrogens is 569 g/mol. The molecule has 0 bridgehead atoms. The van der Waals surface area contributed by atoms with Crippen molar-refractivity contribution in [3.05, 3.63) is 45.6 Å². The Labute approximate surface area is 250 Å². The van der Waals surface area contributed by atoms with E-state index in [9.17, 15) is 19.2 Å². The summed E-state index contributed by atoms with van der Waals surface area (Å²) in [4.78, 5) is 60.8. The third-order valence-electron chi connectivity index (χ3n) is 6.83. The lowest BCUT2D eigenvalue weighted by atomic mass is 9.92. The van der Waals surface area contributed by atoms with Crippen molar-refractivity contribution in [1.82, 2.24) is 25.0 Å². The Kier molecular flexibility index (Phi) is 9.99. The molecule has 0 radical (unpaired) electrons. The number of hydrogen-bond donors (Lipinski definition) is 4. The van der Waals surface area contributed by atoms with Gasteiger partial charge in [0.25, 0.3) is 5.91 Å². The molecule has 1 fully saturated rings. The van der Waals surface area contributed by atoms with E-state index in [-0.39, 0.29) is 58.3 Å². The topological polar surface area (TPSA) is 130 Å². The van der Waals surface area contributed by atoms with Gasteiger partial charge < -0.3 is 30.3 Å². The first-order valence-corrected chi connectivity index (χ1v) is 14.1. The van der Waals surface area contributed by atoms with E-state index in [1.54, 1.807) is 38.1 Å². The van der Waals surface area contributed by atoms with Crippen LogP contribution in [0.1, 0.15) is 50.7 Å². The van der Waals surface area contributed by atoms with E-state index >= 15 is 0 Å². The minimum absolute atomic E-state index is 0.0882. The predicted molar refractivity (Wildman–Crippen MR) is 162 cm³/mol. The zero-order chi connectivity index (χ0) is 30.7. The van der Waals surface area contributed by atoms with Crippen molar-refractivity contribution in [1.29, 1.82) is 0 Å². The van der Waals surface area contributed by atoms with Crippen LogP contribution in [0.2, 0.25) is 10.0 Å². The van der Waals surface area contributed by atoms with Gasteiger partial charge >= 0.3 is 6.03 Å². The van der Waals surface area contributed by atoms with Crippen molar-refractivity contribution in [2.75, 3.05) is 57.5 Å². The highest BCUT2D eigenvalue weighted by Gasteiger charge is 2.45. The van der Waals surface area contributed by atoms with Crippen LogP contribution in [0.15, 0.2) is 24.3 Å². The molecule has 0 atom stereocenters. The SMILES string of the molecule is CN(C)CCNC(=O)CN1CCN(C(=O)c2cc(C(C)(C)C)[nH]c2NC(=O)Nc2cccc(Cl)c2Cl)C(C)(C)C1=O. The molecule has 1 aliphatic heterocycles. The first-order chi connectivity index (χ1) is 19.0. The lowest BCUT2D eigenvalue weighted by molar-refractivity contribution is -0.149. The largest absolute Gasteiger partial charge is 0.353 e. The van der Waals surface area contributed by atoms with E-state index in [4.69, 9.17) is 23.2 Å². The van der Waals surface area contributed by atoms with Gasteiger partial charge in [-0.05, 0) is 46.1 Å². The zero-order valence-corrected chi connectivity index (χ0v) is 26.1. The van der Waals surface area contributed by atoms with E-state index in [0.29, 0.717) is 24.5 Å². The van der Waals surface area contributed by atoms with E-state index < -0.39 is 17.5 Å². The third-order valence-corrected chi connectivity index (χ3v) is 7.65. The quantitative estimate of drug-likeness (QED) is 0.360. The molecule has 1 aliphatic rings. The van der Waals surface area contributed by atoms with E-state index in [1.165, 1.54) is 9.80 Å². The Bertz CT molecular complexity index is 1320. The Hall–Kier alpha value is -3.28. The van der Waals surface area contributed by atoms with Crippen LogP contribution in [-0.4, -0.2) is 95.8 Å². The number of anilines is 2. The second kappa shape index (κ2) is 12.7. The predicted octanol–water partition coefficient (Wildman–Crippen LogP) is 4.00. The maximum absolute atomic E-state index is 13.9. The zero-order valence-electron chi connectivity index (χ0n) is 24.6. The molecule has 1 saturated heterocycles. The normalized spacial score (nSPS) is 15.2. The average molecular weight is 609 g/mol. The van der Waals surface area contributed by atoms with Gasteiger partial charge in [-0.15, -0.1) is 0 Å². The number of likely N-dealkylation sites (N-methyl/N-ethyl adjacent to an activating group) is 1. The number of aromatic nitrogens is 1. The smallest absolute Gasteiger partial charge is 0.324 e.